The first-order valence-corrected chi connectivity index (χ1v) is 15.5. The van der Waals surface area contributed by atoms with E-state index in [9.17, 15) is 19.2 Å². The number of methoxy groups -OCH3 is 1. The molecule has 5 rings (SSSR count). The first kappa shape index (κ1) is 32.1. The molecular formula is C39H37NO6. The van der Waals surface area contributed by atoms with E-state index in [4.69, 9.17) is 9.57 Å². The Balaban J connectivity index is 1.20. The standard InChI is InChI=1S/C39H37NO6/c1-26-37(39(44)33-19-10-9-18-32(33)38(26)43)31(29-21-23-30(45-2)24-22-29)17-11-12-20-35(41)40-46-36(42)25-34(27-13-5-3-6-14-27)28-15-7-4-8-16-28/h3-10,13-16,18-19,21-24,31,34H,11-12,17,20,25H2,1-2H3,(H,40,41). The maximum absolute atomic E-state index is 13.7. The van der Waals surface area contributed by atoms with Crippen molar-refractivity contribution in [2.75, 3.05) is 7.11 Å². The van der Waals surface area contributed by atoms with Gasteiger partial charge in [-0.1, -0.05) is 103 Å². The summed E-state index contributed by atoms with van der Waals surface area (Å²) in [6, 6.07) is 33.8. The molecule has 1 N–H and O–H groups in total. The van der Waals surface area contributed by atoms with Crippen LogP contribution in [0.3, 0.4) is 0 Å². The van der Waals surface area contributed by atoms with E-state index < -0.39 is 11.9 Å². The zero-order valence-electron chi connectivity index (χ0n) is 26.0. The second-order valence-corrected chi connectivity index (χ2v) is 11.4. The van der Waals surface area contributed by atoms with E-state index in [1.54, 1.807) is 38.3 Å². The molecule has 0 aliphatic heterocycles. The van der Waals surface area contributed by atoms with Gasteiger partial charge in [0.1, 0.15) is 5.75 Å². The molecule has 0 heterocycles. The number of Topliss-reactive ketones (excluding diaryl/α,β-unsaturated/α-hetero) is 2. The van der Waals surface area contributed by atoms with Gasteiger partial charge in [-0.25, -0.2) is 4.79 Å². The zero-order valence-corrected chi connectivity index (χ0v) is 26.0. The fraction of sp³-hybridized carbons (Fsp3) is 0.231. The van der Waals surface area contributed by atoms with E-state index in [1.165, 1.54) is 0 Å². The van der Waals surface area contributed by atoms with Crippen molar-refractivity contribution < 1.29 is 28.8 Å². The summed E-state index contributed by atoms with van der Waals surface area (Å²) in [7, 11) is 1.59. The predicted molar refractivity (Wildman–Crippen MR) is 176 cm³/mol. The second-order valence-electron chi connectivity index (χ2n) is 11.4. The van der Waals surface area contributed by atoms with Gasteiger partial charge in [0.05, 0.1) is 13.5 Å². The van der Waals surface area contributed by atoms with E-state index in [1.807, 2.05) is 84.9 Å². The molecule has 0 radical (unpaired) electrons. The normalized spacial score (nSPS) is 13.3. The van der Waals surface area contributed by atoms with Crippen molar-refractivity contribution in [1.82, 2.24) is 5.48 Å². The van der Waals surface area contributed by atoms with Gasteiger partial charge < -0.3 is 9.57 Å². The van der Waals surface area contributed by atoms with Crippen molar-refractivity contribution in [2.45, 2.75) is 50.9 Å². The summed E-state index contributed by atoms with van der Waals surface area (Å²) in [6.07, 6.45) is 1.85. The Morgan fingerprint density at radius 2 is 1.22 bits per heavy atom. The van der Waals surface area contributed by atoms with Gasteiger partial charge in [-0.2, -0.15) is 5.48 Å². The molecule has 1 unspecified atom stereocenters. The molecule has 1 atom stereocenters. The lowest BCUT2D eigenvalue weighted by Gasteiger charge is -2.26. The summed E-state index contributed by atoms with van der Waals surface area (Å²) >= 11 is 0. The van der Waals surface area contributed by atoms with Crippen LogP contribution in [0.15, 0.2) is 120 Å². The van der Waals surface area contributed by atoms with Gasteiger partial charge >= 0.3 is 5.97 Å². The largest absolute Gasteiger partial charge is 0.497 e. The highest BCUT2D eigenvalue weighted by atomic mass is 16.7. The highest BCUT2D eigenvalue weighted by Crippen LogP contribution is 2.39. The average molecular weight is 616 g/mol. The van der Waals surface area contributed by atoms with Crippen LogP contribution in [0.5, 0.6) is 5.75 Å². The van der Waals surface area contributed by atoms with Crippen molar-refractivity contribution in [2.24, 2.45) is 0 Å². The van der Waals surface area contributed by atoms with Crippen LogP contribution in [0.1, 0.15) is 88.3 Å². The highest BCUT2D eigenvalue weighted by Gasteiger charge is 2.34. The number of hydrogen-bond acceptors (Lipinski definition) is 6. The number of hydroxylamine groups is 1. The monoisotopic (exact) mass is 615 g/mol. The Kier molecular flexibility index (Phi) is 10.6. The Hall–Kier alpha value is -5.30. The first-order chi connectivity index (χ1) is 22.4. The molecular weight excluding hydrogens is 578 g/mol. The minimum atomic E-state index is -0.534. The number of unbranched alkanes of at least 4 members (excludes halogenated alkanes) is 1. The van der Waals surface area contributed by atoms with Crippen LogP contribution < -0.4 is 10.2 Å². The topological polar surface area (TPSA) is 98.8 Å². The van der Waals surface area contributed by atoms with Gasteiger partial charge in [0.2, 0.25) is 0 Å². The summed E-state index contributed by atoms with van der Waals surface area (Å²) in [5.41, 5.74) is 6.92. The fourth-order valence-corrected chi connectivity index (χ4v) is 6.06. The maximum Gasteiger partial charge on any atom is 0.333 e. The van der Waals surface area contributed by atoms with Crippen molar-refractivity contribution in [1.29, 1.82) is 0 Å². The van der Waals surface area contributed by atoms with E-state index in [2.05, 4.69) is 5.48 Å². The number of benzene rings is 4. The highest BCUT2D eigenvalue weighted by molar-refractivity contribution is 6.27. The molecule has 234 valence electrons. The Morgan fingerprint density at radius 3 is 1.80 bits per heavy atom. The molecule has 1 amide bonds. The fourth-order valence-electron chi connectivity index (χ4n) is 6.06. The van der Waals surface area contributed by atoms with Gasteiger partial charge in [-0.05, 0) is 48.6 Å². The van der Waals surface area contributed by atoms with Crippen LogP contribution in [0.25, 0.3) is 0 Å². The Morgan fingerprint density at radius 1 is 0.674 bits per heavy atom. The Labute approximate surface area is 269 Å². The number of hydrogen-bond donors (Lipinski definition) is 1. The van der Waals surface area contributed by atoms with Gasteiger partial charge in [0.15, 0.2) is 11.6 Å². The van der Waals surface area contributed by atoms with Gasteiger partial charge in [-0.15, -0.1) is 0 Å². The SMILES string of the molecule is COc1ccc(C(CCCCC(=O)NOC(=O)CC(c2ccccc2)c2ccccc2)C2=C(C)C(=O)c3ccccc3C2=O)cc1. The van der Waals surface area contributed by atoms with Crippen LogP contribution in [0.2, 0.25) is 0 Å². The number of nitrogens with one attached hydrogen (secondary N) is 1. The number of allylic oxidation sites excluding steroid dienone is 2. The van der Waals surface area contributed by atoms with E-state index in [-0.39, 0.29) is 36.2 Å². The third kappa shape index (κ3) is 7.49. The van der Waals surface area contributed by atoms with Crippen molar-refractivity contribution >= 4 is 23.4 Å². The van der Waals surface area contributed by atoms with E-state index in [0.29, 0.717) is 47.3 Å². The molecule has 0 saturated carbocycles. The molecule has 0 fully saturated rings. The van der Waals surface area contributed by atoms with Crippen molar-refractivity contribution in [3.8, 4) is 5.75 Å². The summed E-state index contributed by atoms with van der Waals surface area (Å²) in [4.78, 5) is 57.5. The average Bonchev–Trinajstić information content (AvgIpc) is 3.10. The number of amides is 1. The van der Waals surface area contributed by atoms with Crippen molar-refractivity contribution in [3.63, 3.8) is 0 Å². The summed E-state index contributed by atoms with van der Waals surface area (Å²) < 4.78 is 5.32. The van der Waals surface area contributed by atoms with Crippen LogP contribution in [0, 0.1) is 0 Å². The van der Waals surface area contributed by atoms with Gasteiger partial charge in [0.25, 0.3) is 5.91 Å². The summed E-state index contributed by atoms with van der Waals surface area (Å²) in [5, 5.41) is 0. The van der Waals surface area contributed by atoms with Crippen LogP contribution >= 0.6 is 0 Å². The van der Waals surface area contributed by atoms with Crippen molar-refractivity contribution in [3.05, 3.63) is 148 Å². The number of fused-ring (bicyclic) bond motifs is 1. The number of ether oxygens (including phenoxy) is 1. The van der Waals surface area contributed by atoms with Crippen LogP contribution in [-0.4, -0.2) is 30.6 Å². The molecule has 0 spiro atoms. The zero-order chi connectivity index (χ0) is 32.5. The third-order valence-corrected chi connectivity index (χ3v) is 8.47. The molecule has 0 saturated heterocycles. The van der Waals surface area contributed by atoms with E-state index in [0.717, 1.165) is 16.7 Å². The van der Waals surface area contributed by atoms with Gasteiger partial charge in [-0.3, -0.25) is 14.4 Å². The quantitative estimate of drug-likeness (QED) is 0.131. The number of carbonyl (C=O) groups is 4. The second kappa shape index (κ2) is 15.1. The number of rotatable bonds is 12. The van der Waals surface area contributed by atoms with Crippen LogP contribution in [-0.2, 0) is 14.4 Å². The molecule has 4 aromatic rings. The molecule has 46 heavy (non-hydrogen) atoms. The summed E-state index contributed by atoms with van der Waals surface area (Å²) in [6.45, 7) is 1.71. The third-order valence-electron chi connectivity index (χ3n) is 8.47. The lowest BCUT2D eigenvalue weighted by Crippen LogP contribution is -2.27. The minimum absolute atomic E-state index is 0.0716. The maximum atomic E-state index is 13.7. The lowest BCUT2D eigenvalue weighted by molar-refractivity contribution is -0.158. The molecule has 7 heteroatoms. The predicted octanol–water partition coefficient (Wildman–Crippen LogP) is 7.53. The lowest BCUT2D eigenvalue weighted by atomic mass is 9.75. The first-order valence-electron chi connectivity index (χ1n) is 15.5. The van der Waals surface area contributed by atoms with E-state index >= 15 is 0 Å². The van der Waals surface area contributed by atoms with Gasteiger partial charge in [0, 0.05) is 40.5 Å². The minimum Gasteiger partial charge on any atom is -0.497 e. The number of ketones is 2. The summed E-state index contributed by atoms with van der Waals surface area (Å²) in [5.74, 6) is -1.10. The molecule has 0 aromatic heterocycles. The Bertz CT molecular complexity index is 1690. The molecule has 1 aliphatic carbocycles. The molecule has 7 nitrogen and oxygen atoms in total. The molecule has 4 aromatic carbocycles. The number of carbonyl (C=O) groups excluding carboxylic acids is 4. The van der Waals surface area contributed by atoms with Crippen LogP contribution in [0.4, 0.5) is 0 Å². The smallest absolute Gasteiger partial charge is 0.333 e. The molecule has 1 aliphatic rings. The molecule has 0 bridgehead atoms.